The molecular formula is C19H19N5O. The molecule has 1 fully saturated rings. The summed E-state index contributed by atoms with van der Waals surface area (Å²) in [6, 6.07) is 6.28. The standard InChI is InChI=1S/C19H19N5O/c1-18-6-12-4-3-11(13-8-21-10-22-9-13)5-14(12)19(15(18)7-18)16(25)24(2)17(20)23-19/h3-5,8-10,15H,6-7H2,1-2H3,(H2,20,23)/t15?,18-,19+/m1/s1. The number of carbonyl (C=O) groups is 1. The van der Waals surface area contributed by atoms with Crippen LogP contribution in [-0.2, 0) is 16.8 Å². The van der Waals surface area contributed by atoms with E-state index in [2.05, 4.69) is 35.1 Å². The molecule has 0 radical (unpaired) electrons. The molecule has 3 atom stereocenters. The van der Waals surface area contributed by atoms with Crippen LogP contribution in [-0.4, -0.2) is 33.8 Å². The van der Waals surface area contributed by atoms with Gasteiger partial charge in [0.1, 0.15) is 6.33 Å². The molecule has 1 aromatic carbocycles. The number of aliphatic imine (C=N–C) groups is 1. The van der Waals surface area contributed by atoms with Crippen molar-refractivity contribution >= 4 is 11.9 Å². The largest absolute Gasteiger partial charge is 0.369 e. The summed E-state index contributed by atoms with van der Waals surface area (Å²) in [5.41, 5.74) is 9.42. The van der Waals surface area contributed by atoms with Crippen molar-refractivity contribution in [2.45, 2.75) is 25.3 Å². The summed E-state index contributed by atoms with van der Waals surface area (Å²) in [5, 5.41) is 0. The van der Waals surface area contributed by atoms with Crippen molar-refractivity contribution in [3.63, 3.8) is 0 Å². The van der Waals surface area contributed by atoms with E-state index in [9.17, 15) is 4.79 Å². The molecule has 25 heavy (non-hydrogen) atoms. The van der Waals surface area contributed by atoms with Crippen LogP contribution in [0.2, 0.25) is 0 Å². The average molecular weight is 333 g/mol. The first-order valence-corrected chi connectivity index (χ1v) is 8.48. The van der Waals surface area contributed by atoms with E-state index in [0.29, 0.717) is 5.96 Å². The topological polar surface area (TPSA) is 84.5 Å². The highest BCUT2D eigenvalue weighted by Crippen LogP contribution is 2.68. The smallest absolute Gasteiger partial charge is 0.262 e. The number of guanidine groups is 1. The minimum atomic E-state index is -0.868. The molecule has 6 heteroatoms. The third-order valence-corrected chi connectivity index (χ3v) is 6.13. The molecule has 2 aliphatic carbocycles. The second kappa shape index (κ2) is 4.45. The molecule has 0 saturated heterocycles. The van der Waals surface area contributed by atoms with Gasteiger partial charge in [-0.25, -0.2) is 15.0 Å². The van der Waals surface area contributed by atoms with E-state index in [4.69, 9.17) is 10.7 Å². The normalized spacial score (nSPS) is 32.4. The highest BCUT2D eigenvalue weighted by molar-refractivity contribution is 6.08. The minimum Gasteiger partial charge on any atom is -0.369 e. The van der Waals surface area contributed by atoms with E-state index in [1.165, 1.54) is 16.8 Å². The molecule has 6 nitrogen and oxygen atoms in total. The van der Waals surface area contributed by atoms with Crippen molar-refractivity contribution in [2.24, 2.45) is 22.1 Å². The van der Waals surface area contributed by atoms with Crippen LogP contribution in [0.25, 0.3) is 11.1 Å². The summed E-state index contributed by atoms with van der Waals surface area (Å²) >= 11 is 0. The fourth-order valence-electron chi connectivity index (χ4n) is 4.66. The number of carbonyl (C=O) groups excluding carboxylic acids is 1. The lowest BCUT2D eigenvalue weighted by molar-refractivity contribution is -0.132. The molecule has 1 unspecified atom stereocenters. The van der Waals surface area contributed by atoms with Gasteiger partial charge in [0.2, 0.25) is 0 Å². The quantitative estimate of drug-likeness (QED) is 0.861. The van der Waals surface area contributed by atoms with Crippen LogP contribution >= 0.6 is 0 Å². The van der Waals surface area contributed by atoms with Gasteiger partial charge in [-0.05, 0) is 41.0 Å². The van der Waals surface area contributed by atoms with Gasteiger partial charge in [-0.1, -0.05) is 19.1 Å². The number of amides is 1. The van der Waals surface area contributed by atoms with Gasteiger partial charge in [0.25, 0.3) is 5.91 Å². The average Bonchev–Trinajstić information content (AvgIpc) is 3.26. The Labute approximate surface area is 145 Å². The number of benzene rings is 1. The maximum Gasteiger partial charge on any atom is 0.262 e. The molecule has 2 N–H and O–H groups in total. The SMILES string of the molecule is CN1C(=O)[C@]2(N=C1N)c1cc(-c3cncnc3)ccc1C[C@]1(C)CC12. The van der Waals surface area contributed by atoms with Crippen LogP contribution in [0.1, 0.15) is 24.5 Å². The number of nitrogens with zero attached hydrogens (tertiary/aromatic N) is 4. The molecule has 5 rings (SSSR count). The summed E-state index contributed by atoms with van der Waals surface area (Å²) in [6.07, 6.45) is 7.06. The molecule has 2 heterocycles. The van der Waals surface area contributed by atoms with Gasteiger partial charge in [0, 0.05) is 30.9 Å². The van der Waals surface area contributed by atoms with Crippen LogP contribution < -0.4 is 5.73 Å². The Balaban J connectivity index is 1.74. The third-order valence-electron chi connectivity index (χ3n) is 6.13. The monoisotopic (exact) mass is 333 g/mol. The molecule has 126 valence electrons. The first-order chi connectivity index (χ1) is 12.0. The van der Waals surface area contributed by atoms with Gasteiger partial charge in [0.15, 0.2) is 11.5 Å². The number of nitrogens with two attached hydrogens (primary N) is 1. The van der Waals surface area contributed by atoms with E-state index < -0.39 is 5.54 Å². The summed E-state index contributed by atoms with van der Waals surface area (Å²) < 4.78 is 0. The first kappa shape index (κ1) is 14.6. The molecule has 3 aliphatic rings. The van der Waals surface area contributed by atoms with E-state index >= 15 is 0 Å². The number of likely N-dealkylation sites (N-methyl/N-ethyl adjacent to an activating group) is 1. The van der Waals surface area contributed by atoms with Crippen LogP contribution in [0.15, 0.2) is 41.9 Å². The molecule has 1 aliphatic heterocycles. The lowest BCUT2D eigenvalue weighted by Crippen LogP contribution is -2.45. The van der Waals surface area contributed by atoms with Gasteiger partial charge >= 0.3 is 0 Å². The van der Waals surface area contributed by atoms with Crippen LogP contribution in [0, 0.1) is 11.3 Å². The van der Waals surface area contributed by atoms with Crippen LogP contribution in [0.4, 0.5) is 0 Å². The number of rotatable bonds is 1. The highest BCUT2D eigenvalue weighted by atomic mass is 16.2. The van der Waals surface area contributed by atoms with Crippen molar-refractivity contribution in [2.75, 3.05) is 7.05 Å². The summed E-state index contributed by atoms with van der Waals surface area (Å²) in [6.45, 7) is 2.25. The molecule has 0 bridgehead atoms. The summed E-state index contributed by atoms with van der Waals surface area (Å²) in [4.78, 5) is 27.6. The van der Waals surface area contributed by atoms with Gasteiger partial charge in [0.05, 0.1) is 0 Å². The van der Waals surface area contributed by atoms with Crippen molar-refractivity contribution in [1.29, 1.82) is 0 Å². The second-order valence-corrected chi connectivity index (χ2v) is 7.69. The third kappa shape index (κ3) is 1.74. The second-order valence-electron chi connectivity index (χ2n) is 7.69. The zero-order valence-corrected chi connectivity index (χ0v) is 14.2. The predicted octanol–water partition coefficient (Wildman–Crippen LogP) is 1.71. The first-order valence-electron chi connectivity index (χ1n) is 8.48. The molecule has 1 spiro atoms. The Morgan fingerprint density at radius 1 is 1.24 bits per heavy atom. The summed E-state index contributed by atoms with van der Waals surface area (Å²) in [7, 11) is 1.71. The zero-order chi connectivity index (χ0) is 17.4. The van der Waals surface area contributed by atoms with Crippen molar-refractivity contribution in [3.8, 4) is 11.1 Å². The Morgan fingerprint density at radius 3 is 2.68 bits per heavy atom. The van der Waals surface area contributed by atoms with Crippen LogP contribution in [0.5, 0.6) is 0 Å². The van der Waals surface area contributed by atoms with E-state index in [-0.39, 0.29) is 17.2 Å². The Bertz CT molecular complexity index is 940. The number of hydrogen-bond acceptors (Lipinski definition) is 5. The Morgan fingerprint density at radius 2 is 2.00 bits per heavy atom. The van der Waals surface area contributed by atoms with Gasteiger partial charge in [-0.2, -0.15) is 0 Å². The van der Waals surface area contributed by atoms with E-state index in [1.807, 2.05) is 0 Å². The van der Waals surface area contributed by atoms with Gasteiger partial charge < -0.3 is 5.73 Å². The molecule has 1 saturated carbocycles. The fraction of sp³-hybridized carbons (Fsp3) is 0.368. The lowest BCUT2D eigenvalue weighted by atomic mass is 9.71. The zero-order valence-electron chi connectivity index (χ0n) is 14.2. The highest BCUT2D eigenvalue weighted by Gasteiger charge is 2.70. The van der Waals surface area contributed by atoms with E-state index in [1.54, 1.807) is 19.4 Å². The number of aromatic nitrogens is 2. The number of hydrogen-bond donors (Lipinski definition) is 1. The van der Waals surface area contributed by atoms with Gasteiger partial charge in [-0.15, -0.1) is 0 Å². The van der Waals surface area contributed by atoms with Crippen molar-refractivity contribution in [3.05, 3.63) is 48.0 Å². The molecular weight excluding hydrogens is 314 g/mol. The predicted molar refractivity (Wildman–Crippen MR) is 93.5 cm³/mol. The fourth-order valence-corrected chi connectivity index (χ4v) is 4.66. The van der Waals surface area contributed by atoms with Crippen LogP contribution in [0.3, 0.4) is 0 Å². The van der Waals surface area contributed by atoms with Gasteiger partial charge in [-0.3, -0.25) is 9.69 Å². The number of fused-ring (bicyclic) bond motifs is 4. The maximum atomic E-state index is 13.2. The summed E-state index contributed by atoms with van der Waals surface area (Å²) in [5.74, 6) is 0.507. The van der Waals surface area contributed by atoms with Crippen molar-refractivity contribution < 1.29 is 4.79 Å². The Hall–Kier alpha value is -2.76. The Kier molecular flexibility index (Phi) is 2.59. The minimum absolute atomic E-state index is 0.0128. The lowest BCUT2D eigenvalue weighted by Gasteiger charge is -2.35. The molecule has 1 aromatic heterocycles. The molecule has 1 amide bonds. The van der Waals surface area contributed by atoms with E-state index in [0.717, 1.165) is 29.5 Å². The molecule has 2 aromatic rings. The van der Waals surface area contributed by atoms with Crippen molar-refractivity contribution in [1.82, 2.24) is 14.9 Å². The maximum absolute atomic E-state index is 13.2.